The standard InChI is InChI=1S/C60H42N2Si/c1-6-20-43(21-7-1)45-34-37-53-54-38-35-46(41-59(54)62(58(53)40-45)56-32-18-16-30-51(56)44-22-8-2-9-23-44)61-57-33-19-17-31-52(57)55-39-36-50(42-60(55)61)63(47-24-10-3-11-25-47,48-26-12-4-13-27-48)49-28-14-5-15-29-49/h1-42H. The summed E-state index contributed by atoms with van der Waals surface area (Å²) in [5.41, 5.74) is 11.8. The van der Waals surface area contributed by atoms with E-state index in [0.29, 0.717) is 0 Å². The molecule has 0 aliphatic carbocycles. The lowest BCUT2D eigenvalue weighted by Crippen LogP contribution is -2.74. The van der Waals surface area contributed by atoms with Gasteiger partial charge in [0, 0.05) is 32.8 Å². The van der Waals surface area contributed by atoms with Crippen molar-refractivity contribution in [3.8, 4) is 33.6 Å². The van der Waals surface area contributed by atoms with Gasteiger partial charge >= 0.3 is 0 Å². The van der Waals surface area contributed by atoms with Crippen LogP contribution in [0, 0.1) is 0 Å². The Morgan fingerprint density at radius 3 is 1.35 bits per heavy atom. The van der Waals surface area contributed by atoms with Gasteiger partial charge in [0.25, 0.3) is 0 Å². The first kappa shape index (κ1) is 36.8. The molecular formula is C60H42N2Si. The number of hydrogen-bond donors (Lipinski definition) is 0. The van der Waals surface area contributed by atoms with Crippen molar-refractivity contribution in [3.63, 3.8) is 0 Å². The van der Waals surface area contributed by atoms with Crippen LogP contribution in [0.15, 0.2) is 255 Å². The van der Waals surface area contributed by atoms with Crippen molar-refractivity contribution in [2.45, 2.75) is 0 Å². The first-order valence-corrected chi connectivity index (χ1v) is 23.8. The summed E-state index contributed by atoms with van der Waals surface area (Å²) in [4.78, 5) is 0. The van der Waals surface area contributed by atoms with E-state index in [0.717, 1.165) is 11.4 Å². The van der Waals surface area contributed by atoms with Gasteiger partial charge in [0.1, 0.15) is 0 Å². The molecule has 0 aliphatic heterocycles. The summed E-state index contributed by atoms with van der Waals surface area (Å²) in [6.45, 7) is 0. The number of aromatic nitrogens is 2. The van der Waals surface area contributed by atoms with E-state index < -0.39 is 8.07 Å². The van der Waals surface area contributed by atoms with E-state index >= 15 is 0 Å². The lowest BCUT2D eigenvalue weighted by atomic mass is 10.0. The van der Waals surface area contributed by atoms with Crippen molar-refractivity contribution in [1.82, 2.24) is 9.13 Å². The Kier molecular flexibility index (Phi) is 8.87. The third-order valence-corrected chi connectivity index (χ3v) is 17.8. The molecule has 2 heterocycles. The van der Waals surface area contributed by atoms with Crippen molar-refractivity contribution in [1.29, 1.82) is 0 Å². The van der Waals surface area contributed by atoms with E-state index in [2.05, 4.69) is 264 Å². The fourth-order valence-corrected chi connectivity index (χ4v) is 15.1. The highest BCUT2D eigenvalue weighted by atomic mass is 28.3. The zero-order chi connectivity index (χ0) is 41.7. The molecule has 2 nitrogen and oxygen atoms in total. The van der Waals surface area contributed by atoms with Crippen LogP contribution in [-0.2, 0) is 0 Å². The molecule has 0 spiro atoms. The third kappa shape index (κ3) is 5.93. The van der Waals surface area contributed by atoms with E-state index in [9.17, 15) is 0 Å². The Morgan fingerprint density at radius 1 is 0.254 bits per heavy atom. The number of fused-ring (bicyclic) bond motifs is 6. The molecule has 296 valence electrons. The van der Waals surface area contributed by atoms with E-state index in [1.54, 1.807) is 0 Å². The van der Waals surface area contributed by atoms with E-state index in [4.69, 9.17) is 0 Å². The molecule has 0 fully saturated rings. The maximum Gasteiger partial charge on any atom is 0.179 e. The third-order valence-electron chi connectivity index (χ3n) is 13.1. The molecule has 0 aliphatic rings. The van der Waals surface area contributed by atoms with Gasteiger partial charge in [-0.25, -0.2) is 0 Å². The maximum atomic E-state index is 2.52. The molecule has 0 N–H and O–H groups in total. The minimum Gasteiger partial charge on any atom is -0.309 e. The second kappa shape index (κ2) is 15.2. The number of para-hydroxylation sites is 2. The van der Waals surface area contributed by atoms with E-state index in [-0.39, 0.29) is 0 Å². The molecule has 0 radical (unpaired) electrons. The molecule has 3 heteroatoms. The largest absolute Gasteiger partial charge is 0.309 e. The Balaban J connectivity index is 1.16. The number of rotatable bonds is 8. The van der Waals surface area contributed by atoms with Gasteiger partial charge in [-0.3, -0.25) is 0 Å². The zero-order valence-corrected chi connectivity index (χ0v) is 35.6. The van der Waals surface area contributed by atoms with Crippen LogP contribution in [-0.4, -0.2) is 17.2 Å². The van der Waals surface area contributed by atoms with Gasteiger partial charge in [0.2, 0.25) is 0 Å². The topological polar surface area (TPSA) is 9.86 Å². The normalized spacial score (nSPS) is 11.8. The summed E-state index contributed by atoms with van der Waals surface area (Å²) in [5.74, 6) is 0. The predicted molar refractivity (Wildman–Crippen MR) is 270 cm³/mol. The lowest BCUT2D eigenvalue weighted by Gasteiger charge is -2.34. The van der Waals surface area contributed by atoms with Gasteiger partial charge < -0.3 is 9.13 Å². The molecule has 0 saturated carbocycles. The quantitative estimate of drug-likeness (QED) is 0.107. The SMILES string of the molecule is c1ccc(-c2ccc3c4ccc(-n5c6ccccc6c6ccc([Si](c7ccccc7)(c7ccccc7)c7ccccc7)cc65)cc4n(-c4ccccc4-c4ccccc4)c3c2)cc1. The monoisotopic (exact) mass is 818 g/mol. The van der Waals surface area contributed by atoms with Gasteiger partial charge in [-0.1, -0.05) is 218 Å². The van der Waals surface area contributed by atoms with E-state index in [1.807, 2.05) is 0 Å². The molecule has 2 aromatic heterocycles. The number of benzene rings is 10. The highest BCUT2D eigenvalue weighted by Crippen LogP contribution is 2.40. The second-order valence-corrected chi connectivity index (χ2v) is 20.3. The van der Waals surface area contributed by atoms with Crippen molar-refractivity contribution < 1.29 is 0 Å². The van der Waals surface area contributed by atoms with Crippen LogP contribution in [0.4, 0.5) is 0 Å². The summed E-state index contributed by atoms with van der Waals surface area (Å²) in [5, 5.41) is 10.4. The summed E-state index contributed by atoms with van der Waals surface area (Å²) >= 11 is 0. The number of hydrogen-bond acceptors (Lipinski definition) is 0. The Labute approximate surface area is 368 Å². The molecular weight excluding hydrogens is 777 g/mol. The molecule has 0 amide bonds. The van der Waals surface area contributed by atoms with Crippen LogP contribution in [0.25, 0.3) is 77.2 Å². The van der Waals surface area contributed by atoms with Gasteiger partial charge in [-0.05, 0) is 73.8 Å². The zero-order valence-electron chi connectivity index (χ0n) is 34.6. The van der Waals surface area contributed by atoms with Crippen molar-refractivity contribution >= 4 is 72.4 Å². The minimum absolute atomic E-state index is 1.13. The highest BCUT2D eigenvalue weighted by Gasteiger charge is 2.41. The summed E-state index contributed by atoms with van der Waals surface area (Å²) in [6.07, 6.45) is 0. The van der Waals surface area contributed by atoms with Gasteiger partial charge in [0.15, 0.2) is 8.07 Å². The second-order valence-electron chi connectivity index (χ2n) is 16.5. The van der Waals surface area contributed by atoms with Gasteiger partial charge in [0.05, 0.1) is 27.8 Å². The van der Waals surface area contributed by atoms with Crippen LogP contribution in [0.1, 0.15) is 0 Å². The lowest BCUT2D eigenvalue weighted by molar-refractivity contribution is 1.16. The molecule has 12 aromatic rings. The predicted octanol–water partition coefficient (Wildman–Crippen LogP) is 12.6. The summed E-state index contributed by atoms with van der Waals surface area (Å²) in [6, 6.07) is 94.3. The van der Waals surface area contributed by atoms with Crippen molar-refractivity contribution in [2.75, 3.05) is 0 Å². The van der Waals surface area contributed by atoms with Crippen molar-refractivity contribution in [3.05, 3.63) is 255 Å². The molecule has 0 bridgehead atoms. The Morgan fingerprint density at radius 2 is 0.714 bits per heavy atom. The van der Waals surface area contributed by atoms with Crippen LogP contribution in [0.2, 0.25) is 0 Å². The average Bonchev–Trinajstić information content (AvgIpc) is 3.87. The molecule has 63 heavy (non-hydrogen) atoms. The van der Waals surface area contributed by atoms with Crippen molar-refractivity contribution in [2.24, 2.45) is 0 Å². The summed E-state index contributed by atoms with van der Waals surface area (Å²) in [7, 11) is -2.80. The smallest absolute Gasteiger partial charge is 0.179 e. The van der Waals surface area contributed by atoms with Gasteiger partial charge in [-0.2, -0.15) is 0 Å². The fraction of sp³-hybridized carbons (Fsp3) is 0. The van der Waals surface area contributed by atoms with Crippen LogP contribution >= 0.6 is 0 Å². The number of nitrogens with zero attached hydrogens (tertiary/aromatic N) is 2. The molecule has 10 aromatic carbocycles. The molecule has 12 rings (SSSR count). The van der Waals surface area contributed by atoms with Crippen LogP contribution in [0.5, 0.6) is 0 Å². The van der Waals surface area contributed by atoms with Crippen LogP contribution in [0.3, 0.4) is 0 Å². The fourth-order valence-electron chi connectivity index (χ4n) is 10.3. The molecule has 0 saturated heterocycles. The molecule has 0 atom stereocenters. The van der Waals surface area contributed by atoms with Gasteiger partial charge in [-0.15, -0.1) is 0 Å². The maximum absolute atomic E-state index is 2.80. The first-order chi connectivity index (χ1) is 31.3. The van der Waals surface area contributed by atoms with Crippen LogP contribution < -0.4 is 20.7 Å². The first-order valence-electron chi connectivity index (χ1n) is 21.8. The average molecular weight is 819 g/mol. The Bertz CT molecular complexity index is 3500. The minimum atomic E-state index is -2.80. The highest BCUT2D eigenvalue weighted by molar-refractivity contribution is 7.20. The molecule has 0 unspecified atom stereocenters. The Hall–Kier alpha value is -7.98. The summed E-state index contributed by atoms with van der Waals surface area (Å²) < 4.78 is 5.01. The van der Waals surface area contributed by atoms with E-state index in [1.165, 1.54) is 86.6 Å².